The van der Waals surface area contributed by atoms with Crippen LogP contribution in [0.3, 0.4) is 0 Å². The second kappa shape index (κ2) is 9.09. The van der Waals surface area contributed by atoms with Gasteiger partial charge in [-0.05, 0) is 73.6 Å². The van der Waals surface area contributed by atoms with E-state index in [-0.39, 0.29) is 5.69 Å². The normalized spacial score (nSPS) is 11.1. The molecule has 0 atom stereocenters. The topological polar surface area (TPSA) is 62.3 Å². The van der Waals surface area contributed by atoms with Crippen molar-refractivity contribution in [1.82, 2.24) is 4.98 Å². The molecule has 0 fully saturated rings. The second-order valence-electron chi connectivity index (χ2n) is 8.15. The molecule has 32 heavy (non-hydrogen) atoms. The summed E-state index contributed by atoms with van der Waals surface area (Å²) < 4.78 is 5.93. The van der Waals surface area contributed by atoms with Crippen molar-refractivity contribution in [3.63, 3.8) is 0 Å². The molecule has 1 heterocycles. The summed E-state index contributed by atoms with van der Waals surface area (Å²) in [5, 5.41) is 11.5. The SMILES string of the molecule is Cc1ccccc1-c1cccc2c(CCCOc3cc(C)c(Cl)c(C)c3)c(C(=O)O)[nH]c12. The second-order valence-corrected chi connectivity index (χ2v) is 8.53. The highest BCUT2D eigenvalue weighted by Crippen LogP contribution is 2.34. The lowest BCUT2D eigenvalue weighted by molar-refractivity contribution is 0.0690. The summed E-state index contributed by atoms with van der Waals surface area (Å²) >= 11 is 6.23. The number of aromatic nitrogens is 1. The number of aryl methyl sites for hydroxylation is 4. The maximum absolute atomic E-state index is 12.0. The number of carboxylic acid groups (broad SMARTS) is 1. The van der Waals surface area contributed by atoms with Gasteiger partial charge in [0.05, 0.1) is 12.1 Å². The van der Waals surface area contributed by atoms with Gasteiger partial charge in [0.25, 0.3) is 0 Å². The summed E-state index contributed by atoms with van der Waals surface area (Å²) in [4.78, 5) is 15.2. The molecule has 0 bridgehead atoms. The van der Waals surface area contributed by atoms with Crippen LogP contribution in [0.5, 0.6) is 5.75 Å². The molecular formula is C27H26ClNO3. The average molecular weight is 448 g/mol. The van der Waals surface area contributed by atoms with Gasteiger partial charge in [0.1, 0.15) is 11.4 Å². The Kier molecular flexibility index (Phi) is 6.24. The van der Waals surface area contributed by atoms with Crippen molar-refractivity contribution in [1.29, 1.82) is 0 Å². The van der Waals surface area contributed by atoms with E-state index in [0.29, 0.717) is 19.4 Å². The first kappa shape index (κ1) is 22.0. The fourth-order valence-electron chi connectivity index (χ4n) is 4.24. The van der Waals surface area contributed by atoms with Crippen molar-refractivity contribution in [2.24, 2.45) is 0 Å². The molecule has 4 nitrogen and oxygen atoms in total. The molecule has 2 N–H and O–H groups in total. The number of rotatable bonds is 7. The van der Waals surface area contributed by atoms with Gasteiger partial charge in [-0.3, -0.25) is 0 Å². The standard InChI is InChI=1S/C27H26ClNO3/c1-16-8-4-5-9-20(16)21-10-6-11-22-23(26(27(30)31)29-25(21)22)12-7-13-32-19-14-17(2)24(28)18(3)15-19/h4-6,8-11,14-15,29H,7,12-13H2,1-3H3,(H,30,31). The van der Waals surface area contributed by atoms with E-state index >= 15 is 0 Å². The zero-order valence-electron chi connectivity index (χ0n) is 18.5. The van der Waals surface area contributed by atoms with Crippen LogP contribution in [0.15, 0.2) is 54.6 Å². The number of halogens is 1. The Morgan fingerprint density at radius 3 is 2.34 bits per heavy atom. The number of ether oxygens (including phenoxy) is 1. The molecule has 0 aliphatic heterocycles. The molecule has 3 aromatic carbocycles. The van der Waals surface area contributed by atoms with Crippen molar-refractivity contribution in [2.45, 2.75) is 33.6 Å². The van der Waals surface area contributed by atoms with Crippen LogP contribution in [-0.4, -0.2) is 22.7 Å². The van der Waals surface area contributed by atoms with Crippen LogP contribution in [0.2, 0.25) is 5.02 Å². The number of para-hydroxylation sites is 1. The van der Waals surface area contributed by atoms with Crippen molar-refractivity contribution in [3.8, 4) is 16.9 Å². The third kappa shape index (κ3) is 4.23. The zero-order chi connectivity index (χ0) is 22.8. The molecular weight excluding hydrogens is 422 g/mol. The Morgan fingerprint density at radius 1 is 0.969 bits per heavy atom. The number of carbonyl (C=O) groups is 1. The fraction of sp³-hybridized carbons (Fsp3) is 0.222. The van der Waals surface area contributed by atoms with Crippen LogP contribution in [0, 0.1) is 20.8 Å². The molecule has 0 unspecified atom stereocenters. The Hall–Kier alpha value is -3.24. The van der Waals surface area contributed by atoms with Crippen LogP contribution in [0.1, 0.15) is 39.2 Å². The summed E-state index contributed by atoms with van der Waals surface area (Å²) in [6.45, 7) is 6.47. The number of carboxylic acids is 1. The lowest BCUT2D eigenvalue weighted by atomic mass is 9.97. The maximum atomic E-state index is 12.0. The summed E-state index contributed by atoms with van der Waals surface area (Å²) in [5.41, 5.74) is 7.14. The van der Waals surface area contributed by atoms with Gasteiger partial charge in [0.15, 0.2) is 0 Å². The van der Waals surface area contributed by atoms with Gasteiger partial charge in [0.2, 0.25) is 0 Å². The van der Waals surface area contributed by atoms with Gasteiger partial charge in [-0.25, -0.2) is 4.79 Å². The number of aromatic amines is 1. The average Bonchev–Trinajstić information content (AvgIpc) is 3.14. The third-order valence-corrected chi connectivity index (χ3v) is 6.44. The number of nitrogens with one attached hydrogen (secondary N) is 1. The Balaban J connectivity index is 1.60. The molecule has 0 radical (unpaired) electrons. The van der Waals surface area contributed by atoms with Crippen molar-refractivity contribution < 1.29 is 14.6 Å². The van der Waals surface area contributed by atoms with E-state index in [1.165, 1.54) is 0 Å². The molecule has 0 spiro atoms. The highest BCUT2D eigenvalue weighted by atomic mass is 35.5. The molecule has 1 aromatic heterocycles. The summed E-state index contributed by atoms with van der Waals surface area (Å²) in [7, 11) is 0. The Morgan fingerprint density at radius 2 is 1.66 bits per heavy atom. The number of benzene rings is 3. The number of aromatic carboxylic acids is 1. The van der Waals surface area contributed by atoms with E-state index in [1.54, 1.807) is 0 Å². The third-order valence-electron chi connectivity index (χ3n) is 5.84. The first-order chi connectivity index (χ1) is 15.4. The fourth-order valence-corrected chi connectivity index (χ4v) is 4.35. The zero-order valence-corrected chi connectivity index (χ0v) is 19.2. The van der Waals surface area contributed by atoms with E-state index in [2.05, 4.69) is 24.0 Å². The quantitative estimate of drug-likeness (QED) is 0.296. The van der Waals surface area contributed by atoms with E-state index < -0.39 is 5.97 Å². The largest absolute Gasteiger partial charge is 0.494 e. The minimum Gasteiger partial charge on any atom is -0.494 e. The summed E-state index contributed by atoms with van der Waals surface area (Å²) in [6.07, 6.45) is 1.30. The minimum atomic E-state index is -0.947. The highest BCUT2D eigenvalue weighted by Gasteiger charge is 2.19. The number of fused-ring (bicyclic) bond motifs is 1. The molecule has 4 aromatic rings. The number of hydrogen-bond acceptors (Lipinski definition) is 2. The van der Waals surface area contributed by atoms with Gasteiger partial charge >= 0.3 is 5.97 Å². The van der Waals surface area contributed by atoms with E-state index in [0.717, 1.165) is 55.1 Å². The van der Waals surface area contributed by atoms with Gasteiger partial charge in [0, 0.05) is 16.0 Å². The molecule has 164 valence electrons. The summed E-state index contributed by atoms with van der Waals surface area (Å²) in [6, 6.07) is 18.0. The number of H-pyrrole nitrogens is 1. The van der Waals surface area contributed by atoms with Crippen molar-refractivity contribution in [2.75, 3.05) is 6.61 Å². The number of hydrogen-bond donors (Lipinski definition) is 2. The molecule has 0 saturated carbocycles. The van der Waals surface area contributed by atoms with E-state index in [9.17, 15) is 9.90 Å². The first-order valence-corrected chi connectivity index (χ1v) is 11.1. The molecule has 0 aliphatic carbocycles. The predicted octanol–water partition coefficient (Wildman–Crippen LogP) is 7.12. The van der Waals surface area contributed by atoms with Crippen LogP contribution < -0.4 is 4.74 Å². The molecule has 0 saturated heterocycles. The van der Waals surface area contributed by atoms with Gasteiger partial charge in [-0.15, -0.1) is 0 Å². The smallest absolute Gasteiger partial charge is 0.352 e. The first-order valence-electron chi connectivity index (χ1n) is 10.7. The molecule has 0 amide bonds. The minimum absolute atomic E-state index is 0.249. The predicted molar refractivity (Wildman–Crippen MR) is 130 cm³/mol. The van der Waals surface area contributed by atoms with Gasteiger partial charge in [-0.2, -0.15) is 0 Å². The summed E-state index contributed by atoms with van der Waals surface area (Å²) in [5.74, 6) is -0.166. The molecule has 0 aliphatic rings. The van der Waals surface area contributed by atoms with Crippen LogP contribution in [-0.2, 0) is 6.42 Å². The molecule has 5 heteroatoms. The van der Waals surface area contributed by atoms with Crippen LogP contribution >= 0.6 is 11.6 Å². The van der Waals surface area contributed by atoms with E-state index in [1.807, 2.05) is 56.3 Å². The Bertz CT molecular complexity index is 1280. The van der Waals surface area contributed by atoms with E-state index in [4.69, 9.17) is 16.3 Å². The van der Waals surface area contributed by atoms with Crippen LogP contribution in [0.25, 0.3) is 22.0 Å². The van der Waals surface area contributed by atoms with Crippen LogP contribution in [0.4, 0.5) is 0 Å². The lowest BCUT2D eigenvalue weighted by Gasteiger charge is -2.10. The van der Waals surface area contributed by atoms with Crippen molar-refractivity contribution >= 4 is 28.5 Å². The van der Waals surface area contributed by atoms with Gasteiger partial charge in [-0.1, -0.05) is 54.1 Å². The highest BCUT2D eigenvalue weighted by molar-refractivity contribution is 6.32. The maximum Gasteiger partial charge on any atom is 0.352 e. The Labute approximate surface area is 192 Å². The van der Waals surface area contributed by atoms with Gasteiger partial charge < -0.3 is 14.8 Å². The monoisotopic (exact) mass is 447 g/mol. The lowest BCUT2D eigenvalue weighted by Crippen LogP contribution is -2.04. The van der Waals surface area contributed by atoms with Crippen molar-refractivity contribution in [3.05, 3.63) is 87.6 Å². The molecule has 4 rings (SSSR count).